The van der Waals surface area contributed by atoms with E-state index in [0.717, 1.165) is 4.57 Å². The predicted molar refractivity (Wildman–Crippen MR) is 98.7 cm³/mol. The Labute approximate surface area is 155 Å². The van der Waals surface area contributed by atoms with Gasteiger partial charge in [0.25, 0.3) is 5.56 Å². The van der Waals surface area contributed by atoms with Crippen LogP contribution in [-0.2, 0) is 13.1 Å². The quantitative estimate of drug-likeness (QED) is 0.533. The lowest BCUT2D eigenvalue weighted by Gasteiger charge is -2.12. The summed E-state index contributed by atoms with van der Waals surface area (Å²) in [6.07, 6.45) is 1.49. The lowest BCUT2D eigenvalue weighted by molar-refractivity contribution is 0.479. The number of aromatic nitrogens is 2. The van der Waals surface area contributed by atoms with Gasteiger partial charge in [-0.2, -0.15) is 0 Å². The first-order valence-electron chi connectivity index (χ1n) is 7.72. The van der Waals surface area contributed by atoms with Crippen LogP contribution in [-0.4, -0.2) is 9.13 Å². The minimum absolute atomic E-state index is 0.0374. The highest BCUT2D eigenvalue weighted by molar-refractivity contribution is 7.17. The van der Waals surface area contributed by atoms with Crippen LogP contribution >= 0.6 is 22.9 Å². The first-order valence-corrected chi connectivity index (χ1v) is 8.97. The van der Waals surface area contributed by atoms with E-state index in [0.29, 0.717) is 21.5 Å². The molecule has 0 aliphatic heterocycles. The molecule has 0 amide bonds. The number of thiophene rings is 1. The summed E-state index contributed by atoms with van der Waals surface area (Å²) in [4.78, 5) is 25.7. The highest BCUT2D eigenvalue weighted by Gasteiger charge is 2.16. The smallest absolute Gasteiger partial charge is 0.332 e. The van der Waals surface area contributed by atoms with Crippen molar-refractivity contribution < 1.29 is 8.81 Å². The van der Waals surface area contributed by atoms with E-state index in [-0.39, 0.29) is 23.7 Å². The van der Waals surface area contributed by atoms with Crippen LogP contribution in [0.3, 0.4) is 0 Å². The van der Waals surface area contributed by atoms with Crippen molar-refractivity contribution >= 4 is 33.2 Å². The minimum atomic E-state index is -0.474. The number of benzene rings is 1. The molecule has 5 nitrogen and oxygen atoms in total. The summed E-state index contributed by atoms with van der Waals surface area (Å²) in [5.41, 5.74) is 0.280. The standard InChI is InChI=1S/C18H12ClFN2O3S/c19-14-8-12(20)4-3-11(14)9-21-15-5-7-26-16(15)17(23)22(18(21)24)10-13-2-1-6-25-13/h1-8H,9-10H2. The molecule has 132 valence electrons. The maximum atomic E-state index is 13.3. The zero-order chi connectivity index (χ0) is 18.3. The van der Waals surface area contributed by atoms with Crippen LogP contribution in [0.15, 0.2) is 62.0 Å². The van der Waals surface area contributed by atoms with E-state index in [9.17, 15) is 14.0 Å². The van der Waals surface area contributed by atoms with Gasteiger partial charge in [0.05, 0.1) is 24.9 Å². The van der Waals surface area contributed by atoms with Gasteiger partial charge in [0.15, 0.2) is 0 Å². The monoisotopic (exact) mass is 390 g/mol. The third kappa shape index (κ3) is 2.89. The lowest BCUT2D eigenvalue weighted by Crippen LogP contribution is -2.40. The van der Waals surface area contributed by atoms with Gasteiger partial charge in [0, 0.05) is 5.02 Å². The molecule has 0 saturated heterocycles. The van der Waals surface area contributed by atoms with Gasteiger partial charge >= 0.3 is 5.69 Å². The normalized spacial score (nSPS) is 11.3. The van der Waals surface area contributed by atoms with Gasteiger partial charge in [0.2, 0.25) is 0 Å². The number of hydrogen-bond acceptors (Lipinski definition) is 4. The van der Waals surface area contributed by atoms with Crippen molar-refractivity contribution in [2.45, 2.75) is 13.1 Å². The van der Waals surface area contributed by atoms with Crippen LogP contribution in [0.5, 0.6) is 0 Å². The molecule has 26 heavy (non-hydrogen) atoms. The van der Waals surface area contributed by atoms with Crippen LogP contribution < -0.4 is 11.2 Å². The van der Waals surface area contributed by atoms with Gasteiger partial charge in [0.1, 0.15) is 16.3 Å². The number of fused-ring (bicyclic) bond motifs is 1. The summed E-state index contributed by atoms with van der Waals surface area (Å²) in [6, 6.07) is 9.13. The second kappa shape index (κ2) is 6.59. The van der Waals surface area contributed by atoms with Crippen molar-refractivity contribution in [1.82, 2.24) is 9.13 Å². The second-order valence-corrected chi connectivity index (χ2v) is 7.03. The average molecular weight is 391 g/mol. The molecular formula is C18H12ClFN2O3S. The van der Waals surface area contributed by atoms with Crippen LogP contribution in [0.4, 0.5) is 4.39 Å². The first-order chi connectivity index (χ1) is 12.5. The Hall–Kier alpha value is -2.64. The molecule has 0 N–H and O–H groups in total. The fourth-order valence-electron chi connectivity index (χ4n) is 2.80. The van der Waals surface area contributed by atoms with Gasteiger partial charge in [-0.1, -0.05) is 17.7 Å². The van der Waals surface area contributed by atoms with Crippen LogP contribution in [0, 0.1) is 5.82 Å². The largest absolute Gasteiger partial charge is 0.467 e. The average Bonchev–Trinajstić information content (AvgIpc) is 3.29. The van der Waals surface area contributed by atoms with Gasteiger partial charge in [-0.25, -0.2) is 9.18 Å². The zero-order valence-corrected chi connectivity index (χ0v) is 14.9. The summed E-state index contributed by atoms with van der Waals surface area (Å²) < 4.78 is 21.6. The summed E-state index contributed by atoms with van der Waals surface area (Å²) >= 11 is 7.37. The number of hydrogen-bond donors (Lipinski definition) is 0. The van der Waals surface area contributed by atoms with E-state index in [1.54, 1.807) is 23.6 Å². The molecule has 3 heterocycles. The Balaban J connectivity index is 1.89. The minimum Gasteiger partial charge on any atom is -0.467 e. The number of halogens is 2. The summed E-state index contributed by atoms with van der Waals surface area (Å²) in [5, 5.41) is 1.98. The van der Waals surface area contributed by atoms with E-state index in [4.69, 9.17) is 16.0 Å². The Morgan fingerprint density at radius 1 is 1.12 bits per heavy atom. The Bertz CT molecular complexity index is 1210. The number of furan rings is 1. The van der Waals surface area contributed by atoms with Crippen LogP contribution in [0.2, 0.25) is 5.02 Å². The highest BCUT2D eigenvalue weighted by atomic mass is 35.5. The van der Waals surface area contributed by atoms with Crippen molar-refractivity contribution in [3.05, 3.63) is 91.0 Å². The molecule has 4 aromatic rings. The Kier molecular flexibility index (Phi) is 4.26. The third-order valence-corrected chi connectivity index (χ3v) is 5.32. The highest BCUT2D eigenvalue weighted by Crippen LogP contribution is 2.21. The molecule has 0 unspecified atom stereocenters. The molecule has 8 heteroatoms. The maximum Gasteiger partial charge on any atom is 0.332 e. The van der Waals surface area contributed by atoms with E-state index in [2.05, 4.69) is 0 Å². The maximum absolute atomic E-state index is 13.3. The second-order valence-electron chi connectivity index (χ2n) is 5.71. The van der Waals surface area contributed by atoms with Crippen molar-refractivity contribution in [3.63, 3.8) is 0 Å². The van der Waals surface area contributed by atoms with Crippen molar-refractivity contribution in [3.8, 4) is 0 Å². The molecule has 0 saturated carbocycles. The molecule has 0 aliphatic carbocycles. The van der Waals surface area contributed by atoms with E-state index in [1.807, 2.05) is 0 Å². The van der Waals surface area contributed by atoms with Crippen molar-refractivity contribution in [2.24, 2.45) is 0 Å². The van der Waals surface area contributed by atoms with Gasteiger partial charge < -0.3 is 4.42 Å². The van der Waals surface area contributed by atoms with Crippen molar-refractivity contribution in [2.75, 3.05) is 0 Å². The fraction of sp³-hybridized carbons (Fsp3) is 0.111. The Morgan fingerprint density at radius 3 is 2.69 bits per heavy atom. The van der Waals surface area contributed by atoms with E-state index >= 15 is 0 Å². The topological polar surface area (TPSA) is 57.1 Å². The number of rotatable bonds is 4. The van der Waals surface area contributed by atoms with E-state index < -0.39 is 11.5 Å². The molecule has 0 spiro atoms. The SMILES string of the molecule is O=c1c2sccc2n(Cc2ccc(F)cc2Cl)c(=O)n1Cc1ccco1. The Morgan fingerprint density at radius 2 is 1.96 bits per heavy atom. The summed E-state index contributed by atoms with van der Waals surface area (Å²) in [6.45, 7) is 0.166. The third-order valence-electron chi connectivity index (χ3n) is 4.07. The molecule has 0 bridgehead atoms. The van der Waals surface area contributed by atoms with E-state index in [1.165, 1.54) is 40.4 Å². The lowest BCUT2D eigenvalue weighted by atomic mass is 10.2. The molecule has 4 rings (SSSR count). The van der Waals surface area contributed by atoms with Gasteiger partial charge in [-0.15, -0.1) is 11.3 Å². The summed E-state index contributed by atoms with van der Waals surface area (Å²) in [7, 11) is 0. The zero-order valence-electron chi connectivity index (χ0n) is 13.3. The molecular weight excluding hydrogens is 379 g/mol. The number of nitrogens with zero attached hydrogens (tertiary/aromatic N) is 2. The molecule has 0 fully saturated rings. The summed E-state index contributed by atoms with van der Waals surface area (Å²) in [5.74, 6) is 0.0565. The van der Waals surface area contributed by atoms with Crippen LogP contribution in [0.25, 0.3) is 10.2 Å². The molecule has 1 aromatic carbocycles. The first kappa shape index (κ1) is 16.8. The molecule has 0 aliphatic rings. The molecule has 0 radical (unpaired) electrons. The van der Waals surface area contributed by atoms with Gasteiger partial charge in [-0.05, 0) is 41.3 Å². The molecule has 3 aromatic heterocycles. The van der Waals surface area contributed by atoms with Crippen molar-refractivity contribution in [1.29, 1.82) is 0 Å². The fourth-order valence-corrected chi connectivity index (χ4v) is 3.87. The van der Waals surface area contributed by atoms with Gasteiger partial charge in [-0.3, -0.25) is 13.9 Å². The predicted octanol–water partition coefficient (Wildman–Crippen LogP) is 3.71. The van der Waals surface area contributed by atoms with Crippen LogP contribution in [0.1, 0.15) is 11.3 Å². The molecule has 0 atom stereocenters.